The monoisotopic (exact) mass is 320 g/mol. The predicted octanol–water partition coefficient (Wildman–Crippen LogP) is 2.98. The van der Waals surface area contributed by atoms with Gasteiger partial charge in [0.2, 0.25) is 5.95 Å². The quantitative estimate of drug-likeness (QED) is 0.626. The van der Waals surface area contributed by atoms with Gasteiger partial charge in [0.25, 0.3) is 0 Å². The number of benzene rings is 1. The lowest BCUT2D eigenvalue weighted by Crippen LogP contribution is -1.99. The highest BCUT2D eigenvalue weighted by Crippen LogP contribution is 2.27. The highest BCUT2D eigenvalue weighted by molar-refractivity contribution is 5.62. The Morgan fingerprint density at radius 3 is 2.83 bits per heavy atom. The third-order valence-electron chi connectivity index (χ3n) is 3.77. The van der Waals surface area contributed by atoms with E-state index in [0.717, 1.165) is 28.5 Å². The molecule has 3 heterocycles. The lowest BCUT2D eigenvalue weighted by atomic mass is 10.2. The second-order valence-corrected chi connectivity index (χ2v) is 5.35. The molecule has 1 aromatic carbocycles. The number of ether oxygens (including phenoxy) is 1. The number of imidazole rings is 1. The molecule has 120 valence electrons. The van der Waals surface area contributed by atoms with Crippen LogP contribution in [0.2, 0.25) is 0 Å². The Labute approximate surface area is 138 Å². The molecule has 24 heavy (non-hydrogen) atoms. The maximum atomic E-state index is 5.49. The summed E-state index contributed by atoms with van der Waals surface area (Å²) in [6, 6.07) is 11.7. The first-order valence-electron chi connectivity index (χ1n) is 7.50. The minimum absolute atomic E-state index is 0.543. The van der Waals surface area contributed by atoms with Crippen LogP contribution in [0.25, 0.3) is 11.3 Å². The summed E-state index contributed by atoms with van der Waals surface area (Å²) in [5.74, 6) is 1.28. The van der Waals surface area contributed by atoms with E-state index in [0.29, 0.717) is 5.95 Å². The van der Waals surface area contributed by atoms with E-state index < -0.39 is 0 Å². The molecule has 4 aromatic rings. The van der Waals surface area contributed by atoms with Gasteiger partial charge in [-0.25, -0.2) is 9.50 Å². The van der Waals surface area contributed by atoms with E-state index in [4.69, 9.17) is 4.74 Å². The molecule has 0 unspecified atom stereocenters. The van der Waals surface area contributed by atoms with Gasteiger partial charge in [0.1, 0.15) is 5.75 Å². The molecular formula is C17H16N6O. The molecule has 1 N–H and O–H groups in total. The Kier molecular flexibility index (Phi) is 3.38. The summed E-state index contributed by atoms with van der Waals surface area (Å²) in [4.78, 5) is 8.55. The van der Waals surface area contributed by atoms with Crippen LogP contribution in [0.4, 0.5) is 11.6 Å². The highest BCUT2D eigenvalue weighted by Gasteiger charge is 2.09. The number of nitrogens with one attached hydrogen (secondary N) is 1. The third-order valence-corrected chi connectivity index (χ3v) is 3.77. The van der Waals surface area contributed by atoms with Crippen molar-refractivity contribution in [3.05, 3.63) is 60.8 Å². The standard InChI is InChI=1S/C17H16N6O/c1-12-4-3-5-16-20-17(21-23(12)16)19-13-6-7-14(15(10-13)24-2)22-9-8-18-11-22/h3-11H,1-2H3,(H,19,21). The van der Waals surface area contributed by atoms with Gasteiger partial charge < -0.3 is 14.6 Å². The summed E-state index contributed by atoms with van der Waals surface area (Å²) >= 11 is 0. The SMILES string of the molecule is COc1cc(Nc2nc3cccc(C)n3n2)ccc1-n1ccnc1. The van der Waals surface area contributed by atoms with Crippen LogP contribution in [-0.2, 0) is 0 Å². The number of methoxy groups -OCH3 is 1. The van der Waals surface area contributed by atoms with E-state index in [9.17, 15) is 0 Å². The molecule has 0 bridgehead atoms. The van der Waals surface area contributed by atoms with Gasteiger partial charge in [-0.2, -0.15) is 4.98 Å². The van der Waals surface area contributed by atoms with Crippen molar-refractivity contribution in [2.75, 3.05) is 12.4 Å². The van der Waals surface area contributed by atoms with Crippen molar-refractivity contribution < 1.29 is 4.74 Å². The summed E-state index contributed by atoms with van der Waals surface area (Å²) in [7, 11) is 1.64. The Balaban J connectivity index is 1.67. The fourth-order valence-electron chi connectivity index (χ4n) is 2.59. The number of anilines is 2. The first-order chi connectivity index (χ1) is 11.7. The molecule has 0 aliphatic rings. The van der Waals surface area contributed by atoms with Crippen molar-refractivity contribution in [2.45, 2.75) is 6.92 Å². The summed E-state index contributed by atoms with van der Waals surface area (Å²) in [6.07, 6.45) is 5.34. The average Bonchev–Trinajstić information content (AvgIpc) is 3.25. The molecule has 0 radical (unpaired) electrons. The maximum absolute atomic E-state index is 5.49. The molecule has 3 aromatic heterocycles. The molecule has 0 spiro atoms. The van der Waals surface area contributed by atoms with Gasteiger partial charge in [-0.1, -0.05) is 6.07 Å². The molecule has 0 aliphatic carbocycles. The number of hydrogen-bond donors (Lipinski definition) is 1. The molecule has 0 atom stereocenters. The Morgan fingerprint density at radius 2 is 2.08 bits per heavy atom. The van der Waals surface area contributed by atoms with Crippen LogP contribution in [0.15, 0.2) is 55.1 Å². The van der Waals surface area contributed by atoms with Crippen LogP contribution < -0.4 is 10.1 Å². The minimum Gasteiger partial charge on any atom is -0.494 e. The van der Waals surface area contributed by atoms with E-state index in [2.05, 4.69) is 20.4 Å². The first kappa shape index (κ1) is 14.3. The Hall–Kier alpha value is -3.35. The topological polar surface area (TPSA) is 69.3 Å². The lowest BCUT2D eigenvalue weighted by Gasteiger charge is -2.11. The van der Waals surface area contributed by atoms with Gasteiger partial charge in [-0.15, -0.1) is 5.10 Å². The van der Waals surface area contributed by atoms with E-state index >= 15 is 0 Å². The fourth-order valence-corrected chi connectivity index (χ4v) is 2.59. The summed E-state index contributed by atoms with van der Waals surface area (Å²) in [5, 5.41) is 7.69. The number of fused-ring (bicyclic) bond motifs is 1. The minimum atomic E-state index is 0.543. The van der Waals surface area contributed by atoms with Crippen LogP contribution in [0.3, 0.4) is 0 Å². The third kappa shape index (κ3) is 2.45. The smallest absolute Gasteiger partial charge is 0.247 e. The van der Waals surface area contributed by atoms with Crippen LogP contribution >= 0.6 is 0 Å². The van der Waals surface area contributed by atoms with Gasteiger partial charge >= 0.3 is 0 Å². The second-order valence-electron chi connectivity index (χ2n) is 5.35. The van der Waals surface area contributed by atoms with Crippen molar-refractivity contribution in [1.82, 2.24) is 24.1 Å². The molecule has 0 amide bonds. The van der Waals surface area contributed by atoms with E-state index in [1.54, 1.807) is 24.1 Å². The second kappa shape index (κ2) is 5.69. The van der Waals surface area contributed by atoms with Crippen molar-refractivity contribution in [3.8, 4) is 11.4 Å². The predicted molar refractivity (Wildman–Crippen MR) is 91.1 cm³/mol. The molecule has 4 rings (SSSR count). The number of hydrogen-bond acceptors (Lipinski definition) is 5. The zero-order valence-electron chi connectivity index (χ0n) is 13.3. The zero-order chi connectivity index (χ0) is 16.5. The number of rotatable bonds is 4. The van der Waals surface area contributed by atoms with Crippen LogP contribution in [0, 0.1) is 6.92 Å². The Morgan fingerprint density at radius 1 is 1.17 bits per heavy atom. The Bertz CT molecular complexity index is 990. The van der Waals surface area contributed by atoms with E-state index in [1.165, 1.54) is 0 Å². The van der Waals surface area contributed by atoms with Gasteiger partial charge in [-0.3, -0.25) is 0 Å². The van der Waals surface area contributed by atoms with Crippen molar-refractivity contribution >= 4 is 17.3 Å². The highest BCUT2D eigenvalue weighted by atomic mass is 16.5. The molecule has 7 nitrogen and oxygen atoms in total. The number of aryl methyl sites for hydroxylation is 1. The lowest BCUT2D eigenvalue weighted by molar-refractivity contribution is 0.413. The normalized spacial score (nSPS) is 10.9. The summed E-state index contributed by atoms with van der Waals surface area (Å²) in [5.41, 5.74) is 3.60. The number of pyridine rings is 1. The molecule has 0 saturated carbocycles. The first-order valence-corrected chi connectivity index (χ1v) is 7.50. The van der Waals surface area contributed by atoms with Crippen LogP contribution in [0.1, 0.15) is 5.69 Å². The molecule has 0 aliphatic heterocycles. The average molecular weight is 320 g/mol. The van der Waals surface area contributed by atoms with Crippen LogP contribution in [0.5, 0.6) is 5.75 Å². The van der Waals surface area contributed by atoms with Gasteiger partial charge in [0.05, 0.1) is 19.1 Å². The van der Waals surface area contributed by atoms with Gasteiger partial charge in [0.15, 0.2) is 5.65 Å². The van der Waals surface area contributed by atoms with E-state index in [-0.39, 0.29) is 0 Å². The molecular weight excluding hydrogens is 304 g/mol. The molecule has 0 saturated heterocycles. The van der Waals surface area contributed by atoms with Gasteiger partial charge in [-0.05, 0) is 31.2 Å². The largest absolute Gasteiger partial charge is 0.494 e. The zero-order valence-corrected chi connectivity index (χ0v) is 13.3. The maximum Gasteiger partial charge on any atom is 0.247 e. The summed E-state index contributed by atoms with van der Waals surface area (Å²) in [6.45, 7) is 1.99. The molecule has 0 fully saturated rings. The number of aromatic nitrogens is 5. The number of nitrogens with zero attached hydrogens (tertiary/aromatic N) is 5. The van der Waals surface area contributed by atoms with Crippen molar-refractivity contribution in [1.29, 1.82) is 0 Å². The van der Waals surface area contributed by atoms with E-state index in [1.807, 2.05) is 54.1 Å². The molecule has 7 heteroatoms. The van der Waals surface area contributed by atoms with Gasteiger partial charge in [0, 0.05) is 29.8 Å². The van der Waals surface area contributed by atoms with Crippen molar-refractivity contribution in [2.24, 2.45) is 0 Å². The summed E-state index contributed by atoms with van der Waals surface area (Å²) < 4.78 is 9.19. The fraction of sp³-hybridized carbons (Fsp3) is 0.118. The van der Waals surface area contributed by atoms with Crippen LogP contribution in [-0.4, -0.2) is 31.3 Å². The van der Waals surface area contributed by atoms with Crippen molar-refractivity contribution in [3.63, 3.8) is 0 Å².